The zero-order valence-electron chi connectivity index (χ0n) is 14.3. The van der Waals surface area contributed by atoms with Gasteiger partial charge in [0, 0.05) is 12.8 Å². The van der Waals surface area contributed by atoms with Gasteiger partial charge < -0.3 is 15.3 Å². The second-order valence-corrected chi connectivity index (χ2v) is 6.09. The van der Waals surface area contributed by atoms with Crippen LogP contribution in [0.2, 0.25) is 0 Å². The Kier molecular flexibility index (Phi) is 5.13. The van der Waals surface area contributed by atoms with Crippen LogP contribution in [0, 0.1) is 11.3 Å². The molecule has 0 fully saturated rings. The Labute approximate surface area is 155 Å². The maximum Gasteiger partial charge on any atom is 0.351 e. The Hall–Kier alpha value is -3.73. The first-order valence-electron chi connectivity index (χ1n) is 8.19. The molecule has 0 radical (unpaired) electrons. The lowest BCUT2D eigenvalue weighted by atomic mass is 9.90. The molecular weight excluding hydrogens is 348 g/mol. The number of carbonyl (C=O) groups excluding carboxylic acids is 1. The van der Waals surface area contributed by atoms with E-state index in [0.29, 0.717) is 5.71 Å². The Morgan fingerprint density at radius 2 is 2.00 bits per heavy atom. The molecule has 2 aromatic rings. The van der Waals surface area contributed by atoms with E-state index < -0.39 is 17.5 Å². The number of carbonyl (C=O) groups is 2. The van der Waals surface area contributed by atoms with Crippen LogP contribution in [-0.2, 0) is 16.1 Å². The zero-order valence-corrected chi connectivity index (χ0v) is 14.3. The average molecular weight is 364 g/mol. The summed E-state index contributed by atoms with van der Waals surface area (Å²) in [4.78, 5) is 33.1. The third-order valence-corrected chi connectivity index (χ3v) is 4.11. The number of oxime groups is 1. The first-order chi connectivity index (χ1) is 13.0. The SMILES string of the molecule is N#Cc1cccc(C(=O)NCC2=NOC(Cc3ccccc3)(C(=O)O)C2)n1. The molecule has 1 aromatic heterocycles. The number of nitrogens with one attached hydrogen (secondary N) is 1. The summed E-state index contributed by atoms with van der Waals surface area (Å²) in [6, 6.07) is 15.5. The number of pyridine rings is 1. The van der Waals surface area contributed by atoms with Gasteiger partial charge in [-0.25, -0.2) is 9.78 Å². The highest BCUT2D eigenvalue weighted by atomic mass is 16.7. The van der Waals surface area contributed by atoms with Crippen molar-refractivity contribution in [3.05, 3.63) is 65.5 Å². The lowest BCUT2D eigenvalue weighted by Crippen LogP contribution is -2.42. The van der Waals surface area contributed by atoms with E-state index in [9.17, 15) is 14.7 Å². The summed E-state index contributed by atoms with van der Waals surface area (Å²) in [6.45, 7) is 0.0289. The fourth-order valence-corrected chi connectivity index (χ4v) is 2.75. The molecule has 0 saturated heterocycles. The molecular formula is C19H16N4O4. The van der Waals surface area contributed by atoms with E-state index in [1.807, 2.05) is 36.4 Å². The average Bonchev–Trinajstić information content (AvgIpc) is 3.11. The monoisotopic (exact) mass is 364 g/mol. The van der Waals surface area contributed by atoms with E-state index in [2.05, 4.69) is 15.5 Å². The molecule has 0 saturated carbocycles. The maximum absolute atomic E-state index is 12.2. The minimum absolute atomic E-state index is 0.0289. The van der Waals surface area contributed by atoms with Gasteiger partial charge in [-0.15, -0.1) is 0 Å². The van der Waals surface area contributed by atoms with Gasteiger partial charge in [0.25, 0.3) is 5.91 Å². The van der Waals surface area contributed by atoms with E-state index in [-0.39, 0.29) is 30.8 Å². The van der Waals surface area contributed by atoms with Crippen molar-refractivity contribution >= 4 is 17.6 Å². The Morgan fingerprint density at radius 3 is 2.70 bits per heavy atom. The number of hydrogen-bond acceptors (Lipinski definition) is 6. The maximum atomic E-state index is 12.2. The van der Waals surface area contributed by atoms with Gasteiger partial charge in [-0.05, 0) is 17.7 Å². The molecule has 3 rings (SSSR count). The molecule has 8 heteroatoms. The van der Waals surface area contributed by atoms with Crippen LogP contribution in [0.3, 0.4) is 0 Å². The first-order valence-corrected chi connectivity index (χ1v) is 8.19. The van der Waals surface area contributed by atoms with Gasteiger partial charge in [-0.3, -0.25) is 4.79 Å². The van der Waals surface area contributed by atoms with Gasteiger partial charge in [0.1, 0.15) is 17.5 Å². The van der Waals surface area contributed by atoms with E-state index in [1.165, 1.54) is 12.1 Å². The number of nitriles is 1. The summed E-state index contributed by atoms with van der Waals surface area (Å²) in [5, 5.41) is 24.9. The van der Waals surface area contributed by atoms with Crippen LogP contribution in [0.4, 0.5) is 0 Å². The number of benzene rings is 1. The summed E-state index contributed by atoms with van der Waals surface area (Å²) >= 11 is 0. The van der Waals surface area contributed by atoms with Crippen molar-refractivity contribution in [1.29, 1.82) is 5.26 Å². The summed E-state index contributed by atoms with van der Waals surface area (Å²) < 4.78 is 0. The number of hydrogen-bond donors (Lipinski definition) is 2. The number of aliphatic carboxylic acids is 1. The van der Waals surface area contributed by atoms with Crippen LogP contribution < -0.4 is 5.32 Å². The quantitative estimate of drug-likeness (QED) is 0.801. The minimum Gasteiger partial charge on any atom is -0.478 e. The second kappa shape index (κ2) is 7.66. The van der Waals surface area contributed by atoms with Gasteiger partial charge in [-0.1, -0.05) is 41.6 Å². The minimum atomic E-state index is -1.49. The van der Waals surface area contributed by atoms with Crippen molar-refractivity contribution in [3.63, 3.8) is 0 Å². The fraction of sp³-hybridized carbons (Fsp3) is 0.211. The van der Waals surface area contributed by atoms with E-state index >= 15 is 0 Å². The number of amides is 1. The van der Waals surface area contributed by atoms with E-state index in [0.717, 1.165) is 5.56 Å². The molecule has 8 nitrogen and oxygen atoms in total. The molecule has 2 heterocycles. The van der Waals surface area contributed by atoms with Crippen molar-refractivity contribution in [2.45, 2.75) is 18.4 Å². The van der Waals surface area contributed by atoms with Crippen LogP contribution in [-0.4, -0.2) is 39.8 Å². The zero-order chi connectivity index (χ0) is 19.3. The molecule has 0 aliphatic carbocycles. The lowest BCUT2D eigenvalue weighted by molar-refractivity contribution is -0.162. The van der Waals surface area contributed by atoms with Crippen LogP contribution in [0.1, 0.15) is 28.2 Å². The molecule has 0 bridgehead atoms. The van der Waals surface area contributed by atoms with Gasteiger partial charge in [0.15, 0.2) is 0 Å². The van der Waals surface area contributed by atoms with E-state index in [1.54, 1.807) is 6.07 Å². The highest BCUT2D eigenvalue weighted by Crippen LogP contribution is 2.28. The highest BCUT2D eigenvalue weighted by molar-refractivity contribution is 5.99. The van der Waals surface area contributed by atoms with Crippen LogP contribution in [0.25, 0.3) is 0 Å². The Balaban J connectivity index is 1.63. The smallest absolute Gasteiger partial charge is 0.351 e. The summed E-state index contributed by atoms with van der Waals surface area (Å²) in [5.74, 6) is -1.59. The third kappa shape index (κ3) is 4.10. The van der Waals surface area contributed by atoms with Crippen molar-refractivity contribution in [1.82, 2.24) is 10.3 Å². The lowest BCUT2D eigenvalue weighted by Gasteiger charge is -2.21. The summed E-state index contributed by atoms with van der Waals surface area (Å²) in [6.07, 6.45) is 0.221. The molecule has 0 spiro atoms. The van der Waals surface area contributed by atoms with Gasteiger partial charge in [-0.2, -0.15) is 5.26 Å². The van der Waals surface area contributed by atoms with Crippen LogP contribution in [0.5, 0.6) is 0 Å². The van der Waals surface area contributed by atoms with Crippen LogP contribution >= 0.6 is 0 Å². The predicted octanol–water partition coefficient (Wildman–Crippen LogP) is 1.53. The standard InChI is InChI=1S/C19H16N4O4/c20-11-14-7-4-8-16(22-14)17(24)21-12-15-10-19(18(25)26,27-23-15)9-13-5-2-1-3-6-13/h1-8H,9-10,12H2,(H,21,24)(H,25,26). The second-order valence-electron chi connectivity index (χ2n) is 6.09. The van der Waals surface area contributed by atoms with Crippen molar-refractivity contribution in [2.75, 3.05) is 6.54 Å². The molecule has 136 valence electrons. The Bertz CT molecular complexity index is 936. The number of nitrogens with zero attached hydrogens (tertiary/aromatic N) is 3. The summed E-state index contributed by atoms with van der Waals surface area (Å²) in [7, 11) is 0. The molecule has 1 aliphatic heterocycles. The molecule has 2 N–H and O–H groups in total. The van der Waals surface area contributed by atoms with Crippen LogP contribution in [0.15, 0.2) is 53.7 Å². The summed E-state index contributed by atoms with van der Waals surface area (Å²) in [5.41, 5.74) is -0.0178. The number of aromatic nitrogens is 1. The van der Waals surface area contributed by atoms with Crippen molar-refractivity contribution in [3.8, 4) is 6.07 Å². The molecule has 27 heavy (non-hydrogen) atoms. The highest BCUT2D eigenvalue weighted by Gasteiger charge is 2.46. The van der Waals surface area contributed by atoms with Gasteiger partial charge in [0.05, 0.1) is 12.3 Å². The Morgan fingerprint density at radius 1 is 1.22 bits per heavy atom. The van der Waals surface area contributed by atoms with Crippen molar-refractivity contribution < 1.29 is 19.5 Å². The first kappa shape index (κ1) is 18.1. The number of carboxylic acids is 1. The van der Waals surface area contributed by atoms with Gasteiger partial charge in [0.2, 0.25) is 5.60 Å². The van der Waals surface area contributed by atoms with E-state index in [4.69, 9.17) is 10.1 Å². The third-order valence-electron chi connectivity index (χ3n) is 4.11. The van der Waals surface area contributed by atoms with Gasteiger partial charge >= 0.3 is 5.97 Å². The molecule has 1 amide bonds. The topological polar surface area (TPSA) is 125 Å². The molecule has 1 aliphatic rings. The number of carboxylic acid groups (broad SMARTS) is 1. The largest absolute Gasteiger partial charge is 0.478 e. The van der Waals surface area contributed by atoms with Crippen molar-refractivity contribution in [2.24, 2.45) is 5.16 Å². The molecule has 1 aromatic carbocycles. The number of rotatable bonds is 6. The fourth-order valence-electron chi connectivity index (χ4n) is 2.75. The molecule has 1 unspecified atom stereocenters. The predicted molar refractivity (Wildman–Crippen MR) is 94.9 cm³/mol. The normalized spacial score (nSPS) is 18.1. The molecule has 1 atom stereocenters.